The van der Waals surface area contributed by atoms with Gasteiger partial charge in [-0.1, -0.05) is 37.3 Å². The molecule has 0 saturated heterocycles. The van der Waals surface area contributed by atoms with E-state index in [1.807, 2.05) is 44.2 Å². The zero-order valence-electron chi connectivity index (χ0n) is 11.1. The lowest BCUT2D eigenvalue weighted by molar-refractivity contribution is 0.0895. The van der Waals surface area contributed by atoms with Crippen LogP contribution in [0.5, 0.6) is 0 Å². The highest BCUT2D eigenvalue weighted by Crippen LogP contribution is 2.14. The fraction of sp³-hybridized carbons (Fsp3) is 0.333. The van der Waals surface area contributed by atoms with Gasteiger partial charge in [0.25, 0.3) is 5.91 Å². The predicted octanol–water partition coefficient (Wildman–Crippen LogP) is 2.95. The monoisotopic (exact) mass is 242 g/mol. The second kappa shape index (κ2) is 5.17. The Labute approximate surface area is 107 Å². The summed E-state index contributed by atoms with van der Waals surface area (Å²) in [5.41, 5.74) is 4.12. The highest BCUT2D eigenvalue weighted by molar-refractivity contribution is 5.81. The van der Waals surface area contributed by atoms with Gasteiger partial charge in [0.15, 0.2) is 0 Å². The number of benzene rings is 1. The Bertz CT molecular complexity index is 555. The summed E-state index contributed by atoms with van der Waals surface area (Å²) >= 11 is 0. The molecular weight excluding hydrogens is 224 g/mol. The van der Waals surface area contributed by atoms with Crippen molar-refractivity contribution in [1.82, 2.24) is 9.78 Å². The predicted molar refractivity (Wildman–Crippen MR) is 71.9 cm³/mol. The molecule has 18 heavy (non-hydrogen) atoms. The van der Waals surface area contributed by atoms with Gasteiger partial charge in [-0.3, -0.25) is 4.79 Å². The molecular formula is C15H18N2O. The molecule has 3 heteroatoms. The molecule has 0 aliphatic heterocycles. The van der Waals surface area contributed by atoms with Crippen LogP contribution in [-0.4, -0.2) is 15.7 Å². The van der Waals surface area contributed by atoms with Crippen molar-refractivity contribution in [2.45, 2.75) is 33.6 Å². The van der Waals surface area contributed by atoms with E-state index < -0.39 is 0 Å². The number of aryl methyl sites for hydroxylation is 1. The molecule has 0 amide bonds. The van der Waals surface area contributed by atoms with Gasteiger partial charge in [0, 0.05) is 5.69 Å². The minimum absolute atomic E-state index is 0.0292. The standard InChI is InChI=1S/C15H18N2O/c1-4-14-11(2)16-17(12(14)3)15(18)10-13-8-6-5-7-9-13/h5-9H,4,10H2,1-3H3. The number of hydrogen-bond acceptors (Lipinski definition) is 2. The maximum atomic E-state index is 12.2. The summed E-state index contributed by atoms with van der Waals surface area (Å²) in [6, 6.07) is 9.77. The maximum absolute atomic E-state index is 12.2. The summed E-state index contributed by atoms with van der Waals surface area (Å²) in [5.74, 6) is 0.0292. The van der Waals surface area contributed by atoms with E-state index in [4.69, 9.17) is 0 Å². The zero-order valence-corrected chi connectivity index (χ0v) is 11.1. The molecule has 1 heterocycles. The third kappa shape index (κ3) is 2.35. The van der Waals surface area contributed by atoms with Crippen molar-refractivity contribution in [2.75, 3.05) is 0 Å². The molecule has 0 aliphatic rings. The number of aromatic nitrogens is 2. The van der Waals surface area contributed by atoms with Crippen molar-refractivity contribution in [3.05, 3.63) is 52.8 Å². The first-order valence-corrected chi connectivity index (χ1v) is 6.25. The minimum Gasteiger partial charge on any atom is -0.272 e. The van der Waals surface area contributed by atoms with E-state index in [0.29, 0.717) is 6.42 Å². The topological polar surface area (TPSA) is 34.9 Å². The molecule has 0 spiro atoms. The number of rotatable bonds is 3. The lowest BCUT2D eigenvalue weighted by atomic mass is 10.1. The van der Waals surface area contributed by atoms with Crippen LogP contribution in [0.2, 0.25) is 0 Å². The van der Waals surface area contributed by atoms with Gasteiger partial charge in [0.05, 0.1) is 12.1 Å². The first kappa shape index (κ1) is 12.6. The highest BCUT2D eigenvalue weighted by Gasteiger charge is 2.15. The summed E-state index contributed by atoms with van der Waals surface area (Å²) in [6.45, 7) is 6.00. The Morgan fingerprint density at radius 3 is 2.44 bits per heavy atom. The molecule has 94 valence electrons. The van der Waals surface area contributed by atoms with E-state index >= 15 is 0 Å². The molecule has 0 atom stereocenters. The van der Waals surface area contributed by atoms with Gasteiger partial charge < -0.3 is 0 Å². The molecule has 1 aromatic carbocycles. The van der Waals surface area contributed by atoms with Gasteiger partial charge in [-0.15, -0.1) is 0 Å². The molecule has 1 aromatic heterocycles. The largest absolute Gasteiger partial charge is 0.272 e. The Kier molecular flexibility index (Phi) is 3.60. The summed E-state index contributed by atoms with van der Waals surface area (Å²) in [4.78, 5) is 12.2. The van der Waals surface area contributed by atoms with Gasteiger partial charge in [-0.05, 0) is 31.4 Å². The van der Waals surface area contributed by atoms with Crippen LogP contribution < -0.4 is 0 Å². The molecule has 0 bridgehead atoms. The molecule has 0 radical (unpaired) electrons. The smallest absolute Gasteiger partial charge is 0.251 e. The van der Waals surface area contributed by atoms with E-state index in [0.717, 1.165) is 23.4 Å². The molecule has 2 rings (SSSR count). The number of carbonyl (C=O) groups is 1. The van der Waals surface area contributed by atoms with Gasteiger partial charge in [-0.2, -0.15) is 5.10 Å². The fourth-order valence-electron chi connectivity index (χ4n) is 2.27. The van der Waals surface area contributed by atoms with Crippen LogP contribution in [0.25, 0.3) is 0 Å². The Morgan fingerprint density at radius 1 is 1.22 bits per heavy atom. The quantitative estimate of drug-likeness (QED) is 0.829. The summed E-state index contributed by atoms with van der Waals surface area (Å²) in [5, 5.41) is 4.34. The number of nitrogens with zero attached hydrogens (tertiary/aromatic N) is 2. The van der Waals surface area contributed by atoms with Crippen molar-refractivity contribution in [1.29, 1.82) is 0 Å². The summed E-state index contributed by atoms with van der Waals surface area (Å²) in [6.07, 6.45) is 1.31. The first-order valence-electron chi connectivity index (χ1n) is 6.25. The zero-order chi connectivity index (χ0) is 13.1. The van der Waals surface area contributed by atoms with Gasteiger partial charge in [0.2, 0.25) is 0 Å². The third-order valence-corrected chi connectivity index (χ3v) is 3.23. The van der Waals surface area contributed by atoms with Crippen molar-refractivity contribution < 1.29 is 4.79 Å². The van der Waals surface area contributed by atoms with Crippen LogP contribution in [0.1, 0.15) is 34.2 Å². The lowest BCUT2D eigenvalue weighted by Crippen LogP contribution is -2.16. The van der Waals surface area contributed by atoms with Crippen LogP contribution in [0.15, 0.2) is 30.3 Å². The lowest BCUT2D eigenvalue weighted by Gasteiger charge is -2.04. The Hall–Kier alpha value is -1.90. The van der Waals surface area contributed by atoms with Gasteiger partial charge in [-0.25, -0.2) is 4.68 Å². The molecule has 0 saturated carbocycles. The van der Waals surface area contributed by atoms with E-state index in [1.54, 1.807) is 4.68 Å². The normalized spacial score (nSPS) is 10.6. The van der Waals surface area contributed by atoms with E-state index in [9.17, 15) is 4.79 Å². The van der Waals surface area contributed by atoms with E-state index in [1.165, 1.54) is 5.56 Å². The van der Waals surface area contributed by atoms with Crippen LogP contribution in [-0.2, 0) is 12.8 Å². The van der Waals surface area contributed by atoms with Crippen molar-refractivity contribution in [3.63, 3.8) is 0 Å². The molecule has 0 N–H and O–H groups in total. The summed E-state index contributed by atoms with van der Waals surface area (Å²) in [7, 11) is 0. The minimum atomic E-state index is 0.0292. The van der Waals surface area contributed by atoms with Crippen molar-refractivity contribution >= 4 is 5.91 Å². The fourth-order valence-corrected chi connectivity index (χ4v) is 2.27. The number of hydrogen-bond donors (Lipinski definition) is 0. The van der Waals surface area contributed by atoms with Crippen molar-refractivity contribution in [3.8, 4) is 0 Å². The molecule has 0 fully saturated rings. The second-order valence-corrected chi connectivity index (χ2v) is 4.47. The Balaban J connectivity index is 2.25. The average molecular weight is 242 g/mol. The number of carbonyl (C=O) groups excluding carboxylic acids is 1. The van der Waals surface area contributed by atoms with Crippen LogP contribution in [0, 0.1) is 13.8 Å². The van der Waals surface area contributed by atoms with Crippen molar-refractivity contribution in [2.24, 2.45) is 0 Å². The third-order valence-electron chi connectivity index (χ3n) is 3.23. The molecule has 0 aliphatic carbocycles. The van der Waals surface area contributed by atoms with Crippen LogP contribution in [0.3, 0.4) is 0 Å². The van der Waals surface area contributed by atoms with Gasteiger partial charge >= 0.3 is 0 Å². The highest BCUT2D eigenvalue weighted by atomic mass is 16.2. The first-order chi connectivity index (χ1) is 8.63. The molecule has 3 nitrogen and oxygen atoms in total. The SMILES string of the molecule is CCc1c(C)nn(C(=O)Cc2ccccc2)c1C. The second-order valence-electron chi connectivity index (χ2n) is 4.47. The molecule has 0 unspecified atom stereocenters. The van der Waals surface area contributed by atoms with E-state index in [2.05, 4.69) is 12.0 Å². The van der Waals surface area contributed by atoms with Crippen LogP contribution >= 0.6 is 0 Å². The molecule has 2 aromatic rings. The summed E-state index contributed by atoms with van der Waals surface area (Å²) < 4.78 is 1.54. The average Bonchev–Trinajstić information content (AvgIpc) is 2.65. The van der Waals surface area contributed by atoms with E-state index in [-0.39, 0.29) is 5.91 Å². The maximum Gasteiger partial charge on any atom is 0.251 e. The Morgan fingerprint density at radius 2 is 1.89 bits per heavy atom. The van der Waals surface area contributed by atoms with Crippen LogP contribution in [0.4, 0.5) is 0 Å². The van der Waals surface area contributed by atoms with Gasteiger partial charge in [0.1, 0.15) is 0 Å².